The lowest BCUT2D eigenvalue weighted by molar-refractivity contribution is 0.389. The fraction of sp³-hybridized carbons (Fsp3) is 0.625. The second kappa shape index (κ2) is 2.34. The molecule has 1 N–H and O–H groups in total. The van der Waals surface area contributed by atoms with E-state index >= 15 is 0 Å². The van der Waals surface area contributed by atoms with Crippen LogP contribution in [0.5, 0.6) is 0 Å². The number of nitrogens with zero attached hydrogens (tertiary/aromatic N) is 1. The third-order valence-corrected chi connectivity index (χ3v) is 2.19. The second-order valence-electron chi connectivity index (χ2n) is 3.15. The zero-order valence-corrected chi connectivity index (χ0v) is 6.85. The summed E-state index contributed by atoms with van der Waals surface area (Å²) in [5.41, 5.74) is 2.39. The van der Waals surface area contributed by atoms with E-state index in [9.17, 15) is 0 Å². The van der Waals surface area contributed by atoms with Crippen LogP contribution in [0.15, 0.2) is 4.52 Å². The Bertz CT molecular complexity index is 267. The Morgan fingerprint density at radius 3 is 3.27 bits per heavy atom. The lowest BCUT2D eigenvalue weighted by Crippen LogP contribution is -2.32. The third kappa shape index (κ3) is 1.05. The fourth-order valence-corrected chi connectivity index (χ4v) is 1.46. The maximum atomic E-state index is 5.08. The van der Waals surface area contributed by atoms with E-state index in [2.05, 4.69) is 17.4 Å². The van der Waals surface area contributed by atoms with Crippen LogP contribution < -0.4 is 5.32 Å². The highest BCUT2D eigenvalue weighted by Gasteiger charge is 2.19. The number of fused-ring (bicyclic) bond motifs is 1. The standard InChI is InChI=1S/C8H12N2O/c1-5-3-8-7(4-9-5)6(2)11-10-8/h5,9H,3-4H2,1-2H3. The molecule has 1 aromatic heterocycles. The summed E-state index contributed by atoms with van der Waals surface area (Å²) in [6.45, 7) is 5.03. The molecule has 0 amide bonds. The van der Waals surface area contributed by atoms with Crippen LogP contribution in [0.1, 0.15) is 23.9 Å². The van der Waals surface area contributed by atoms with Crippen molar-refractivity contribution in [1.29, 1.82) is 0 Å². The van der Waals surface area contributed by atoms with E-state index in [1.54, 1.807) is 0 Å². The maximum Gasteiger partial charge on any atom is 0.138 e. The molecule has 0 fully saturated rings. The molecule has 1 unspecified atom stereocenters. The summed E-state index contributed by atoms with van der Waals surface area (Å²) in [6.07, 6.45) is 0.993. The molecule has 2 rings (SSSR count). The Hall–Kier alpha value is -0.830. The molecule has 1 aliphatic rings. The van der Waals surface area contributed by atoms with E-state index in [0.717, 1.165) is 24.4 Å². The molecule has 2 heterocycles. The van der Waals surface area contributed by atoms with Gasteiger partial charge in [-0.2, -0.15) is 0 Å². The van der Waals surface area contributed by atoms with Crippen LogP contribution in [0.4, 0.5) is 0 Å². The molecule has 60 valence electrons. The van der Waals surface area contributed by atoms with Crippen LogP contribution in [-0.4, -0.2) is 11.2 Å². The molecule has 3 heteroatoms. The molecule has 1 aliphatic heterocycles. The SMILES string of the molecule is Cc1onc2c1CNC(C)C2. The summed E-state index contributed by atoms with van der Waals surface area (Å²) in [4.78, 5) is 0. The summed E-state index contributed by atoms with van der Waals surface area (Å²) in [7, 11) is 0. The van der Waals surface area contributed by atoms with Crippen molar-refractivity contribution < 1.29 is 4.52 Å². The van der Waals surface area contributed by atoms with Gasteiger partial charge in [-0.05, 0) is 13.8 Å². The van der Waals surface area contributed by atoms with E-state index < -0.39 is 0 Å². The monoisotopic (exact) mass is 152 g/mol. The van der Waals surface area contributed by atoms with Crippen LogP contribution in [0.2, 0.25) is 0 Å². The number of aryl methyl sites for hydroxylation is 1. The first-order chi connectivity index (χ1) is 5.27. The van der Waals surface area contributed by atoms with Crippen LogP contribution in [0.3, 0.4) is 0 Å². The van der Waals surface area contributed by atoms with Crippen molar-refractivity contribution in [2.24, 2.45) is 0 Å². The molecule has 0 bridgehead atoms. The van der Waals surface area contributed by atoms with Crippen molar-refractivity contribution in [2.45, 2.75) is 32.9 Å². The first-order valence-electron chi connectivity index (χ1n) is 3.95. The van der Waals surface area contributed by atoms with Gasteiger partial charge in [0, 0.05) is 24.6 Å². The summed E-state index contributed by atoms with van der Waals surface area (Å²) < 4.78 is 5.08. The summed E-state index contributed by atoms with van der Waals surface area (Å²) in [5, 5.41) is 7.36. The van der Waals surface area contributed by atoms with Crippen LogP contribution in [0.25, 0.3) is 0 Å². The Balaban J connectivity index is 2.36. The first kappa shape index (κ1) is 6.85. The normalized spacial score (nSPS) is 23.3. The predicted molar refractivity (Wildman–Crippen MR) is 41.2 cm³/mol. The summed E-state index contributed by atoms with van der Waals surface area (Å²) in [6, 6.07) is 0.534. The Labute approximate surface area is 65.8 Å². The topological polar surface area (TPSA) is 38.1 Å². The second-order valence-corrected chi connectivity index (χ2v) is 3.15. The highest BCUT2D eigenvalue weighted by atomic mass is 16.5. The smallest absolute Gasteiger partial charge is 0.138 e. The van der Waals surface area contributed by atoms with E-state index in [1.807, 2.05) is 6.92 Å². The number of nitrogens with one attached hydrogen (secondary N) is 1. The van der Waals surface area contributed by atoms with Gasteiger partial charge in [-0.25, -0.2) is 0 Å². The molecule has 0 aromatic carbocycles. The molecule has 0 aliphatic carbocycles. The first-order valence-corrected chi connectivity index (χ1v) is 3.95. The van der Waals surface area contributed by atoms with Gasteiger partial charge in [0.25, 0.3) is 0 Å². The Kier molecular flexibility index (Phi) is 1.46. The van der Waals surface area contributed by atoms with Crippen LogP contribution >= 0.6 is 0 Å². The summed E-state index contributed by atoms with van der Waals surface area (Å²) >= 11 is 0. The van der Waals surface area contributed by atoms with Crippen molar-refractivity contribution in [2.75, 3.05) is 0 Å². The molecule has 0 radical (unpaired) electrons. The van der Waals surface area contributed by atoms with Crippen LogP contribution in [-0.2, 0) is 13.0 Å². The van der Waals surface area contributed by atoms with E-state index in [4.69, 9.17) is 4.52 Å². The predicted octanol–water partition coefficient (Wildman–Crippen LogP) is 1.02. The highest BCUT2D eigenvalue weighted by molar-refractivity contribution is 5.24. The molecule has 3 nitrogen and oxygen atoms in total. The van der Waals surface area contributed by atoms with Crippen molar-refractivity contribution in [1.82, 2.24) is 10.5 Å². The fourth-order valence-electron chi connectivity index (χ4n) is 1.46. The largest absolute Gasteiger partial charge is 0.361 e. The zero-order valence-electron chi connectivity index (χ0n) is 6.85. The van der Waals surface area contributed by atoms with Gasteiger partial charge in [-0.3, -0.25) is 0 Å². The molecule has 0 saturated carbocycles. The lowest BCUT2D eigenvalue weighted by atomic mass is 10.0. The van der Waals surface area contributed by atoms with Crippen molar-refractivity contribution in [3.05, 3.63) is 17.0 Å². The van der Waals surface area contributed by atoms with Gasteiger partial charge in [0.15, 0.2) is 0 Å². The molecule has 1 aromatic rings. The molecule has 0 spiro atoms. The molecular formula is C8H12N2O. The van der Waals surface area contributed by atoms with Gasteiger partial charge in [-0.1, -0.05) is 5.16 Å². The Morgan fingerprint density at radius 1 is 1.64 bits per heavy atom. The van der Waals surface area contributed by atoms with Crippen LogP contribution in [0, 0.1) is 6.92 Å². The minimum Gasteiger partial charge on any atom is -0.361 e. The van der Waals surface area contributed by atoms with E-state index in [1.165, 1.54) is 5.56 Å². The minimum atomic E-state index is 0.534. The molecule has 0 saturated heterocycles. The van der Waals surface area contributed by atoms with Gasteiger partial charge < -0.3 is 9.84 Å². The Morgan fingerprint density at radius 2 is 2.45 bits per heavy atom. The van der Waals surface area contributed by atoms with Gasteiger partial charge >= 0.3 is 0 Å². The average Bonchev–Trinajstić information content (AvgIpc) is 2.32. The third-order valence-electron chi connectivity index (χ3n) is 2.19. The van der Waals surface area contributed by atoms with Gasteiger partial charge in [-0.15, -0.1) is 0 Å². The highest BCUT2D eigenvalue weighted by Crippen LogP contribution is 2.18. The van der Waals surface area contributed by atoms with Crippen molar-refractivity contribution in [3.8, 4) is 0 Å². The minimum absolute atomic E-state index is 0.534. The zero-order chi connectivity index (χ0) is 7.84. The quantitative estimate of drug-likeness (QED) is 0.603. The molecule has 11 heavy (non-hydrogen) atoms. The summed E-state index contributed by atoms with van der Waals surface area (Å²) in [5.74, 6) is 0.958. The van der Waals surface area contributed by atoms with E-state index in [0.29, 0.717) is 6.04 Å². The number of rotatable bonds is 0. The maximum absolute atomic E-state index is 5.08. The molecular weight excluding hydrogens is 140 g/mol. The lowest BCUT2D eigenvalue weighted by Gasteiger charge is -2.18. The van der Waals surface area contributed by atoms with Crippen molar-refractivity contribution >= 4 is 0 Å². The number of hydrogen-bond donors (Lipinski definition) is 1. The van der Waals surface area contributed by atoms with Gasteiger partial charge in [0.2, 0.25) is 0 Å². The van der Waals surface area contributed by atoms with Crippen molar-refractivity contribution in [3.63, 3.8) is 0 Å². The molecule has 1 atom stereocenters. The van der Waals surface area contributed by atoms with Gasteiger partial charge in [0.1, 0.15) is 5.76 Å². The van der Waals surface area contributed by atoms with Gasteiger partial charge in [0.05, 0.1) is 5.69 Å². The number of hydrogen-bond acceptors (Lipinski definition) is 3. The van der Waals surface area contributed by atoms with E-state index in [-0.39, 0.29) is 0 Å². The average molecular weight is 152 g/mol. The number of aromatic nitrogens is 1.